The first-order chi connectivity index (χ1) is 17.0. The van der Waals surface area contributed by atoms with Gasteiger partial charge in [-0.15, -0.1) is 0 Å². The molecule has 35 heavy (non-hydrogen) atoms. The van der Waals surface area contributed by atoms with E-state index in [9.17, 15) is 9.59 Å². The molecule has 3 aromatic rings. The number of rotatable bonds is 9. The quantitative estimate of drug-likeness (QED) is 0.408. The molecule has 0 heterocycles. The average molecular weight is 489 g/mol. The van der Waals surface area contributed by atoms with Gasteiger partial charge in [-0.25, -0.2) is 0 Å². The molecule has 1 atom stereocenters. The summed E-state index contributed by atoms with van der Waals surface area (Å²) in [5.74, 6) is -0.156. The number of amides is 2. The molecule has 0 saturated heterocycles. The van der Waals surface area contributed by atoms with Crippen LogP contribution < -0.4 is 5.32 Å². The second-order valence-electron chi connectivity index (χ2n) is 9.51. The van der Waals surface area contributed by atoms with Crippen LogP contribution in [-0.4, -0.2) is 28.8 Å². The molecule has 4 nitrogen and oxygen atoms in total. The van der Waals surface area contributed by atoms with Crippen LogP contribution in [0.4, 0.5) is 0 Å². The molecule has 0 aliphatic heterocycles. The first-order valence-corrected chi connectivity index (χ1v) is 12.8. The van der Waals surface area contributed by atoms with Crippen molar-refractivity contribution in [2.75, 3.05) is 0 Å². The van der Waals surface area contributed by atoms with Crippen LogP contribution >= 0.6 is 11.6 Å². The minimum absolute atomic E-state index is 0.0728. The number of hydrogen-bond acceptors (Lipinski definition) is 2. The van der Waals surface area contributed by atoms with Crippen molar-refractivity contribution in [1.29, 1.82) is 0 Å². The Kier molecular flexibility index (Phi) is 8.59. The molecular weight excluding hydrogens is 456 g/mol. The van der Waals surface area contributed by atoms with Gasteiger partial charge in [-0.3, -0.25) is 9.59 Å². The van der Waals surface area contributed by atoms with E-state index in [4.69, 9.17) is 11.6 Å². The number of carbonyl (C=O) groups is 2. The van der Waals surface area contributed by atoms with Crippen LogP contribution in [0.15, 0.2) is 78.9 Å². The maximum Gasteiger partial charge on any atom is 0.243 e. The molecule has 2 amide bonds. The highest BCUT2D eigenvalue weighted by atomic mass is 35.5. The molecule has 182 valence electrons. The van der Waals surface area contributed by atoms with Crippen LogP contribution in [0.2, 0.25) is 5.02 Å². The molecule has 1 aliphatic carbocycles. The molecule has 3 aromatic carbocycles. The minimum atomic E-state index is -0.616. The maximum absolute atomic E-state index is 13.8. The molecule has 0 bridgehead atoms. The van der Waals surface area contributed by atoms with Crippen molar-refractivity contribution in [3.05, 3.63) is 106 Å². The normalized spacial score (nSPS) is 14.5. The molecule has 1 unspecified atom stereocenters. The Hall–Kier alpha value is -3.11. The third-order valence-electron chi connectivity index (χ3n) is 6.69. The molecule has 1 aliphatic rings. The first-order valence-electron chi connectivity index (χ1n) is 12.4. The average Bonchev–Trinajstić information content (AvgIpc) is 3.36. The number of aryl methyl sites for hydroxylation is 1. The van der Waals surface area contributed by atoms with E-state index >= 15 is 0 Å². The predicted molar refractivity (Wildman–Crippen MR) is 141 cm³/mol. The van der Waals surface area contributed by atoms with Crippen LogP contribution in [-0.2, 0) is 29.0 Å². The standard InChI is InChI=1S/C30H33ClN2O2/c1-22-14-16-24(17-15-22)20-29(34)33(21-25-10-7-11-26(31)18-25)28(19-23-8-3-2-4-9-23)30(35)32-27-12-5-6-13-27/h2-4,7-11,14-18,27-28H,5-6,12-13,19-21H2,1H3,(H,32,35). The number of nitrogens with one attached hydrogen (secondary N) is 1. The topological polar surface area (TPSA) is 49.4 Å². The monoisotopic (exact) mass is 488 g/mol. The van der Waals surface area contributed by atoms with Gasteiger partial charge in [0, 0.05) is 24.0 Å². The van der Waals surface area contributed by atoms with E-state index in [-0.39, 0.29) is 24.3 Å². The van der Waals surface area contributed by atoms with Gasteiger partial charge in [0.1, 0.15) is 6.04 Å². The van der Waals surface area contributed by atoms with E-state index in [0.29, 0.717) is 18.0 Å². The molecule has 1 N–H and O–H groups in total. The SMILES string of the molecule is Cc1ccc(CC(=O)N(Cc2cccc(Cl)c2)C(Cc2ccccc2)C(=O)NC2CCCC2)cc1. The molecule has 0 aromatic heterocycles. The minimum Gasteiger partial charge on any atom is -0.352 e. The Labute approximate surface area is 213 Å². The Morgan fingerprint density at radius 3 is 2.29 bits per heavy atom. The van der Waals surface area contributed by atoms with Crippen molar-refractivity contribution < 1.29 is 9.59 Å². The van der Waals surface area contributed by atoms with Crippen LogP contribution in [0.1, 0.15) is 47.9 Å². The lowest BCUT2D eigenvalue weighted by molar-refractivity contribution is -0.141. The largest absolute Gasteiger partial charge is 0.352 e. The van der Waals surface area contributed by atoms with E-state index < -0.39 is 6.04 Å². The molecule has 5 heteroatoms. The van der Waals surface area contributed by atoms with Gasteiger partial charge in [-0.2, -0.15) is 0 Å². The van der Waals surface area contributed by atoms with Gasteiger partial charge in [-0.1, -0.05) is 96.7 Å². The summed E-state index contributed by atoms with van der Waals surface area (Å²) in [5.41, 5.74) is 4.01. The van der Waals surface area contributed by atoms with Gasteiger partial charge in [0.2, 0.25) is 11.8 Å². The summed E-state index contributed by atoms with van der Waals surface area (Å²) in [4.78, 5) is 29.2. The number of halogens is 1. The zero-order valence-corrected chi connectivity index (χ0v) is 21.0. The Morgan fingerprint density at radius 2 is 1.60 bits per heavy atom. The molecule has 0 spiro atoms. The summed E-state index contributed by atoms with van der Waals surface area (Å²) < 4.78 is 0. The lowest BCUT2D eigenvalue weighted by Gasteiger charge is -2.32. The highest BCUT2D eigenvalue weighted by molar-refractivity contribution is 6.30. The van der Waals surface area contributed by atoms with Crippen molar-refractivity contribution in [2.24, 2.45) is 0 Å². The summed E-state index contributed by atoms with van der Waals surface area (Å²) in [7, 11) is 0. The molecule has 0 radical (unpaired) electrons. The Bertz CT molecular complexity index is 1120. The van der Waals surface area contributed by atoms with Gasteiger partial charge in [-0.05, 0) is 48.6 Å². The van der Waals surface area contributed by atoms with Crippen molar-refractivity contribution in [2.45, 2.75) is 64.1 Å². The van der Waals surface area contributed by atoms with E-state index in [1.807, 2.05) is 85.8 Å². The Balaban J connectivity index is 1.65. The van der Waals surface area contributed by atoms with Crippen LogP contribution in [0.5, 0.6) is 0 Å². The maximum atomic E-state index is 13.8. The van der Waals surface area contributed by atoms with Gasteiger partial charge < -0.3 is 10.2 Å². The summed E-state index contributed by atoms with van der Waals surface area (Å²) in [6.45, 7) is 2.35. The van der Waals surface area contributed by atoms with E-state index in [1.54, 1.807) is 4.90 Å². The van der Waals surface area contributed by atoms with Crippen LogP contribution in [0, 0.1) is 6.92 Å². The lowest BCUT2D eigenvalue weighted by atomic mass is 10.0. The van der Waals surface area contributed by atoms with Gasteiger partial charge in [0.25, 0.3) is 0 Å². The summed E-state index contributed by atoms with van der Waals surface area (Å²) in [6, 6.07) is 25.0. The molecular formula is C30H33ClN2O2. The second-order valence-corrected chi connectivity index (χ2v) is 9.95. The number of nitrogens with zero attached hydrogens (tertiary/aromatic N) is 1. The van der Waals surface area contributed by atoms with Crippen molar-refractivity contribution in [3.8, 4) is 0 Å². The van der Waals surface area contributed by atoms with Crippen LogP contribution in [0.25, 0.3) is 0 Å². The zero-order chi connectivity index (χ0) is 24.6. The smallest absolute Gasteiger partial charge is 0.243 e. The number of hydrogen-bond donors (Lipinski definition) is 1. The van der Waals surface area contributed by atoms with E-state index in [2.05, 4.69) is 5.32 Å². The fourth-order valence-electron chi connectivity index (χ4n) is 4.74. The predicted octanol–water partition coefficient (Wildman–Crippen LogP) is 5.89. The highest BCUT2D eigenvalue weighted by Crippen LogP contribution is 2.21. The van der Waals surface area contributed by atoms with E-state index in [0.717, 1.165) is 47.9 Å². The summed E-state index contributed by atoms with van der Waals surface area (Å²) in [5, 5.41) is 3.86. The van der Waals surface area contributed by atoms with Gasteiger partial charge in [0.05, 0.1) is 6.42 Å². The lowest BCUT2D eigenvalue weighted by Crippen LogP contribution is -2.52. The van der Waals surface area contributed by atoms with E-state index in [1.165, 1.54) is 0 Å². The molecule has 1 fully saturated rings. The highest BCUT2D eigenvalue weighted by Gasteiger charge is 2.32. The third kappa shape index (κ3) is 7.19. The van der Waals surface area contributed by atoms with Gasteiger partial charge >= 0.3 is 0 Å². The zero-order valence-electron chi connectivity index (χ0n) is 20.3. The number of benzene rings is 3. The van der Waals surface area contributed by atoms with Crippen molar-refractivity contribution in [3.63, 3.8) is 0 Å². The second kappa shape index (κ2) is 12.0. The van der Waals surface area contributed by atoms with Crippen LogP contribution in [0.3, 0.4) is 0 Å². The molecule has 1 saturated carbocycles. The Morgan fingerprint density at radius 1 is 0.914 bits per heavy atom. The van der Waals surface area contributed by atoms with Crippen molar-refractivity contribution in [1.82, 2.24) is 10.2 Å². The van der Waals surface area contributed by atoms with Crippen molar-refractivity contribution >= 4 is 23.4 Å². The third-order valence-corrected chi connectivity index (χ3v) is 6.93. The van der Waals surface area contributed by atoms with Gasteiger partial charge in [0.15, 0.2) is 0 Å². The fourth-order valence-corrected chi connectivity index (χ4v) is 4.95. The fraction of sp³-hybridized carbons (Fsp3) is 0.333. The number of carbonyl (C=O) groups excluding carboxylic acids is 2. The summed E-state index contributed by atoms with van der Waals surface area (Å²) >= 11 is 6.25. The summed E-state index contributed by atoms with van der Waals surface area (Å²) in [6.07, 6.45) is 4.95. The first kappa shape index (κ1) is 25.0. The molecule has 4 rings (SSSR count).